The molecule has 1 aliphatic carbocycles. The fourth-order valence-electron chi connectivity index (χ4n) is 3.92. The maximum atomic E-state index is 6.16. The van der Waals surface area contributed by atoms with Gasteiger partial charge < -0.3 is 5.73 Å². The van der Waals surface area contributed by atoms with Crippen molar-refractivity contribution in [3.63, 3.8) is 0 Å². The van der Waals surface area contributed by atoms with Crippen LogP contribution in [0.25, 0.3) is 0 Å². The lowest BCUT2D eigenvalue weighted by atomic mass is 9.86. The van der Waals surface area contributed by atoms with Gasteiger partial charge in [-0.05, 0) is 38.5 Å². The monoisotopic (exact) mass is 253 g/mol. The van der Waals surface area contributed by atoms with Crippen molar-refractivity contribution in [2.75, 3.05) is 32.7 Å². The Morgan fingerprint density at radius 3 is 2.06 bits per heavy atom. The molecule has 3 nitrogen and oxygen atoms in total. The van der Waals surface area contributed by atoms with Crippen LogP contribution in [0.2, 0.25) is 0 Å². The normalized spacial score (nSPS) is 34.3. The molecule has 0 aromatic heterocycles. The number of hydrogen-bond donors (Lipinski definition) is 1. The molecule has 106 valence electrons. The van der Waals surface area contributed by atoms with E-state index < -0.39 is 0 Å². The number of nitrogens with two attached hydrogens (primary N) is 1. The van der Waals surface area contributed by atoms with E-state index in [0.29, 0.717) is 17.0 Å². The van der Waals surface area contributed by atoms with Gasteiger partial charge in [0.15, 0.2) is 0 Å². The Morgan fingerprint density at radius 1 is 1.06 bits per heavy atom. The van der Waals surface area contributed by atoms with Crippen LogP contribution in [0.1, 0.15) is 47.0 Å². The van der Waals surface area contributed by atoms with Gasteiger partial charge in [-0.2, -0.15) is 0 Å². The minimum atomic E-state index is 0.298. The van der Waals surface area contributed by atoms with Gasteiger partial charge in [-0.3, -0.25) is 9.80 Å². The summed E-state index contributed by atoms with van der Waals surface area (Å²) >= 11 is 0. The average molecular weight is 253 g/mol. The first-order chi connectivity index (χ1) is 8.38. The molecule has 0 spiro atoms. The molecule has 1 atom stereocenters. The lowest BCUT2D eigenvalue weighted by Crippen LogP contribution is -2.60. The largest absolute Gasteiger partial charge is 0.329 e. The van der Waals surface area contributed by atoms with Crippen LogP contribution in [-0.2, 0) is 0 Å². The lowest BCUT2D eigenvalue weighted by molar-refractivity contribution is 0.0239. The molecule has 1 unspecified atom stereocenters. The van der Waals surface area contributed by atoms with Crippen LogP contribution < -0.4 is 5.73 Å². The Balaban J connectivity index is 1.99. The highest BCUT2D eigenvalue weighted by molar-refractivity contribution is 5.03. The van der Waals surface area contributed by atoms with Crippen molar-refractivity contribution in [2.45, 2.75) is 58.5 Å². The van der Waals surface area contributed by atoms with E-state index in [1.807, 2.05) is 0 Å². The van der Waals surface area contributed by atoms with Gasteiger partial charge >= 0.3 is 0 Å². The lowest BCUT2D eigenvalue weighted by Gasteiger charge is -2.47. The summed E-state index contributed by atoms with van der Waals surface area (Å²) in [6.45, 7) is 15.0. The third-order valence-corrected chi connectivity index (χ3v) is 5.17. The van der Waals surface area contributed by atoms with Crippen LogP contribution in [0, 0.1) is 5.41 Å². The number of piperazine rings is 1. The standard InChI is InChI=1S/C15H31N3/c1-13(2)17-7-9-18(10-8-17)15(12-16)6-5-14(3,4)11-15/h13H,5-12,16H2,1-4H3. The SMILES string of the molecule is CC(C)N1CCN(C2(CN)CCC(C)(C)C2)CC1. The van der Waals surface area contributed by atoms with Gasteiger partial charge in [-0.15, -0.1) is 0 Å². The molecule has 1 aliphatic heterocycles. The molecule has 2 rings (SSSR count). The second kappa shape index (κ2) is 5.10. The van der Waals surface area contributed by atoms with Crippen LogP contribution in [0.4, 0.5) is 0 Å². The highest BCUT2D eigenvalue weighted by Gasteiger charge is 2.46. The predicted molar refractivity (Wildman–Crippen MR) is 77.7 cm³/mol. The topological polar surface area (TPSA) is 32.5 Å². The van der Waals surface area contributed by atoms with Crippen LogP contribution in [0.5, 0.6) is 0 Å². The van der Waals surface area contributed by atoms with E-state index in [9.17, 15) is 0 Å². The summed E-state index contributed by atoms with van der Waals surface area (Å²) in [7, 11) is 0. The molecule has 1 saturated heterocycles. The maximum absolute atomic E-state index is 6.16. The molecule has 2 aliphatic rings. The van der Waals surface area contributed by atoms with Crippen molar-refractivity contribution >= 4 is 0 Å². The zero-order valence-corrected chi connectivity index (χ0v) is 12.7. The third-order valence-electron chi connectivity index (χ3n) is 5.17. The van der Waals surface area contributed by atoms with E-state index in [-0.39, 0.29) is 0 Å². The first-order valence-electron chi connectivity index (χ1n) is 7.58. The Labute approximate surface area is 113 Å². The smallest absolute Gasteiger partial charge is 0.0338 e. The van der Waals surface area contributed by atoms with E-state index >= 15 is 0 Å². The summed E-state index contributed by atoms with van der Waals surface area (Å²) in [5.74, 6) is 0. The second-order valence-electron chi connectivity index (χ2n) is 7.39. The molecule has 0 aromatic carbocycles. The molecular weight excluding hydrogens is 222 g/mol. The zero-order chi connectivity index (χ0) is 13.4. The summed E-state index contributed by atoms with van der Waals surface area (Å²) in [5, 5.41) is 0. The Morgan fingerprint density at radius 2 is 1.67 bits per heavy atom. The van der Waals surface area contributed by atoms with E-state index in [2.05, 4.69) is 37.5 Å². The van der Waals surface area contributed by atoms with Crippen LogP contribution in [0.15, 0.2) is 0 Å². The summed E-state index contributed by atoms with van der Waals surface area (Å²) in [6, 6.07) is 0.681. The summed E-state index contributed by atoms with van der Waals surface area (Å²) in [5.41, 5.74) is 6.94. The van der Waals surface area contributed by atoms with Crippen LogP contribution in [0.3, 0.4) is 0 Å². The van der Waals surface area contributed by atoms with E-state index in [1.165, 1.54) is 45.4 Å². The molecular formula is C15H31N3. The third kappa shape index (κ3) is 2.73. The molecule has 0 amide bonds. The van der Waals surface area contributed by atoms with E-state index in [0.717, 1.165) is 6.54 Å². The van der Waals surface area contributed by atoms with Gasteiger partial charge in [0.2, 0.25) is 0 Å². The number of hydrogen-bond acceptors (Lipinski definition) is 3. The van der Waals surface area contributed by atoms with Crippen LogP contribution in [-0.4, -0.2) is 54.1 Å². The first kappa shape index (κ1) is 14.3. The number of rotatable bonds is 3. The van der Waals surface area contributed by atoms with Gasteiger partial charge in [0, 0.05) is 44.3 Å². The molecule has 3 heteroatoms. The zero-order valence-electron chi connectivity index (χ0n) is 12.7. The highest BCUT2D eigenvalue weighted by Crippen LogP contribution is 2.46. The quantitative estimate of drug-likeness (QED) is 0.834. The molecule has 1 saturated carbocycles. The molecule has 1 heterocycles. The predicted octanol–water partition coefficient (Wildman–Crippen LogP) is 1.92. The fourth-order valence-corrected chi connectivity index (χ4v) is 3.92. The highest BCUT2D eigenvalue weighted by atomic mass is 15.3. The van der Waals surface area contributed by atoms with Crippen molar-refractivity contribution in [2.24, 2.45) is 11.1 Å². The summed E-state index contributed by atoms with van der Waals surface area (Å²) in [6.07, 6.45) is 3.89. The number of nitrogens with zero attached hydrogens (tertiary/aromatic N) is 2. The Kier molecular flexibility index (Phi) is 4.05. The maximum Gasteiger partial charge on any atom is 0.0338 e. The molecule has 0 aromatic rings. The van der Waals surface area contributed by atoms with Gasteiger partial charge in [0.05, 0.1) is 0 Å². The minimum absolute atomic E-state index is 0.298. The summed E-state index contributed by atoms with van der Waals surface area (Å²) < 4.78 is 0. The molecule has 18 heavy (non-hydrogen) atoms. The molecule has 2 fully saturated rings. The Bertz CT molecular complexity index is 279. The molecule has 0 radical (unpaired) electrons. The Hall–Kier alpha value is -0.120. The van der Waals surface area contributed by atoms with Gasteiger partial charge in [-0.25, -0.2) is 0 Å². The first-order valence-corrected chi connectivity index (χ1v) is 7.58. The van der Waals surface area contributed by atoms with Gasteiger partial charge in [-0.1, -0.05) is 13.8 Å². The van der Waals surface area contributed by atoms with Crippen LogP contribution >= 0.6 is 0 Å². The fraction of sp³-hybridized carbons (Fsp3) is 1.00. The van der Waals surface area contributed by atoms with Gasteiger partial charge in [0.1, 0.15) is 0 Å². The van der Waals surface area contributed by atoms with E-state index in [1.54, 1.807) is 0 Å². The van der Waals surface area contributed by atoms with Crippen molar-refractivity contribution in [3.05, 3.63) is 0 Å². The van der Waals surface area contributed by atoms with Crippen molar-refractivity contribution < 1.29 is 0 Å². The van der Waals surface area contributed by atoms with Crippen molar-refractivity contribution in [3.8, 4) is 0 Å². The molecule has 0 bridgehead atoms. The van der Waals surface area contributed by atoms with Crippen molar-refractivity contribution in [1.29, 1.82) is 0 Å². The minimum Gasteiger partial charge on any atom is -0.329 e. The summed E-state index contributed by atoms with van der Waals surface area (Å²) in [4.78, 5) is 5.28. The van der Waals surface area contributed by atoms with E-state index in [4.69, 9.17) is 5.73 Å². The van der Waals surface area contributed by atoms with Gasteiger partial charge in [0.25, 0.3) is 0 Å². The second-order valence-corrected chi connectivity index (χ2v) is 7.39. The average Bonchev–Trinajstić information content (AvgIpc) is 2.66. The van der Waals surface area contributed by atoms with Crippen molar-refractivity contribution in [1.82, 2.24) is 9.80 Å². The molecule has 2 N–H and O–H groups in total.